The van der Waals surface area contributed by atoms with Crippen molar-refractivity contribution < 1.29 is 5.11 Å². The molecule has 0 saturated carbocycles. The van der Waals surface area contributed by atoms with Gasteiger partial charge in [-0.2, -0.15) is 4.37 Å². The Labute approximate surface area is 123 Å². The first-order valence-electron chi connectivity index (χ1n) is 6.12. The van der Waals surface area contributed by atoms with Gasteiger partial charge in [0.15, 0.2) is 0 Å². The second kappa shape index (κ2) is 5.26. The highest BCUT2D eigenvalue weighted by molar-refractivity contribution is 7.19. The summed E-state index contributed by atoms with van der Waals surface area (Å²) < 4.78 is 4.86. The second-order valence-corrected chi connectivity index (χ2v) is 6.30. The van der Waals surface area contributed by atoms with Crippen LogP contribution >= 0.6 is 22.9 Å². The van der Waals surface area contributed by atoms with Crippen LogP contribution in [-0.2, 0) is 6.42 Å². The molecule has 0 aliphatic heterocycles. The second-order valence-electron chi connectivity index (χ2n) is 4.28. The molecule has 0 bridgehead atoms. The lowest BCUT2D eigenvalue weighted by molar-refractivity contribution is 0.481. The molecule has 1 N–H and O–H groups in total. The van der Waals surface area contributed by atoms with Crippen molar-refractivity contribution in [1.29, 1.82) is 0 Å². The lowest BCUT2D eigenvalue weighted by Gasteiger charge is -2.05. The van der Waals surface area contributed by atoms with Gasteiger partial charge in [0.1, 0.15) is 17.8 Å². The Balaban J connectivity index is 2.19. The van der Waals surface area contributed by atoms with Gasteiger partial charge in [-0.25, -0.2) is 4.98 Å². The fraction of sp³-hybridized carbons (Fsp3) is 0.231. The fourth-order valence-electron chi connectivity index (χ4n) is 2.02. The summed E-state index contributed by atoms with van der Waals surface area (Å²) in [6.45, 7) is 4.05. The third-order valence-corrected chi connectivity index (χ3v) is 4.53. The Morgan fingerprint density at radius 1 is 1.30 bits per heavy atom. The molecule has 0 unspecified atom stereocenters. The quantitative estimate of drug-likeness (QED) is 0.710. The third-order valence-electron chi connectivity index (χ3n) is 2.93. The van der Waals surface area contributed by atoms with E-state index < -0.39 is 0 Å². The molecule has 2 aromatic heterocycles. The molecule has 0 fully saturated rings. The van der Waals surface area contributed by atoms with Crippen LogP contribution < -0.4 is 0 Å². The molecule has 2 heterocycles. The van der Waals surface area contributed by atoms with Crippen LogP contribution in [-0.4, -0.2) is 14.5 Å². The standard InChI is InChI=1S/C13H12N4OS2/c1-3-8-5-10(18)9-4-7(2)19-12(9)11(8)16-17-13-14-6-15-20-13/h4-6,18H,3H2,1-2H3. The van der Waals surface area contributed by atoms with Crippen LogP contribution in [0.25, 0.3) is 10.1 Å². The minimum Gasteiger partial charge on any atom is -0.507 e. The number of aryl methyl sites for hydroxylation is 2. The average Bonchev–Trinajstić information content (AvgIpc) is 3.06. The van der Waals surface area contributed by atoms with Crippen LogP contribution in [0.1, 0.15) is 17.4 Å². The van der Waals surface area contributed by atoms with Gasteiger partial charge in [0.05, 0.1) is 4.70 Å². The van der Waals surface area contributed by atoms with Crippen LogP contribution in [0.5, 0.6) is 5.75 Å². The number of thiophene rings is 1. The number of nitrogens with zero attached hydrogens (tertiary/aromatic N) is 4. The molecule has 0 aliphatic carbocycles. The highest BCUT2D eigenvalue weighted by Crippen LogP contribution is 2.42. The van der Waals surface area contributed by atoms with Gasteiger partial charge < -0.3 is 5.11 Å². The lowest BCUT2D eigenvalue weighted by atomic mass is 10.1. The van der Waals surface area contributed by atoms with Gasteiger partial charge in [0, 0.05) is 21.8 Å². The summed E-state index contributed by atoms with van der Waals surface area (Å²) in [7, 11) is 0. The van der Waals surface area contributed by atoms with Gasteiger partial charge >= 0.3 is 0 Å². The number of rotatable bonds is 3. The molecule has 3 aromatic rings. The predicted molar refractivity (Wildman–Crippen MR) is 81.7 cm³/mol. The molecule has 0 spiro atoms. The lowest BCUT2D eigenvalue weighted by Crippen LogP contribution is -1.82. The van der Waals surface area contributed by atoms with E-state index in [9.17, 15) is 5.11 Å². The zero-order chi connectivity index (χ0) is 14.1. The Morgan fingerprint density at radius 3 is 2.85 bits per heavy atom. The minimum absolute atomic E-state index is 0.302. The summed E-state index contributed by atoms with van der Waals surface area (Å²) >= 11 is 2.82. The van der Waals surface area contributed by atoms with E-state index in [1.165, 1.54) is 17.9 Å². The molecule has 1 aromatic carbocycles. The molecule has 7 heteroatoms. The van der Waals surface area contributed by atoms with Gasteiger partial charge in [-0.1, -0.05) is 6.92 Å². The van der Waals surface area contributed by atoms with Crippen molar-refractivity contribution in [2.45, 2.75) is 20.3 Å². The molecule has 0 amide bonds. The van der Waals surface area contributed by atoms with E-state index in [1.807, 2.05) is 19.9 Å². The molecule has 0 saturated heterocycles. The highest BCUT2D eigenvalue weighted by atomic mass is 32.1. The molecule has 5 nitrogen and oxygen atoms in total. The van der Waals surface area contributed by atoms with Crippen LogP contribution in [0.2, 0.25) is 0 Å². The molecule has 3 rings (SSSR count). The molecule has 0 radical (unpaired) electrons. The number of benzene rings is 1. The highest BCUT2D eigenvalue weighted by Gasteiger charge is 2.13. The normalized spacial score (nSPS) is 11.7. The summed E-state index contributed by atoms with van der Waals surface area (Å²) in [4.78, 5) is 5.13. The first-order chi connectivity index (χ1) is 9.69. The molecule has 102 valence electrons. The van der Waals surface area contributed by atoms with E-state index >= 15 is 0 Å². The number of phenols is 1. The SMILES string of the molecule is CCc1cc(O)c2cc(C)sc2c1N=Nc1ncns1. The van der Waals surface area contributed by atoms with Gasteiger partial charge in [-0.05, 0) is 31.0 Å². The van der Waals surface area contributed by atoms with Gasteiger partial charge in [0.2, 0.25) is 5.13 Å². The van der Waals surface area contributed by atoms with Gasteiger partial charge in [0.25, 0.3) is 0 Å². The zero-order valence-electron chi connectivity index (χ0n) is 11.0. The maximum absolute atomic E-state index is 10.1. The molecule has 0 aliphatic rings. The minimum atomic E-state index is 0.302. The summed E-state index contributed by atoms with van der Waals surface area (Å²) in [5.74, 6) is 0.302. The van der Waals surface area contributed by atoms with E-state index in [1.54, 1.807) is 17.4 Å². The topological polar surface area (TPSA) is 70.7 Å². The van der Waals surface area contributed by atoms with E-state index in [4.69, 9.17) is 0 Å². The van der Waals surface area contributed by atoms with Crippen molar-refractivity contribution in [3.05, 3.63) is 28.9 Å². The first kappa shape index (κ1) is 13.1. The van der Waals surface area contributed by atoms with Crippen molar-refractivity contribution in [2.24, 2.45) is 10.2 Å². The molecular formula is C13H12N4OS2. The van der Waals surface area contributed by atoms with Crippen molar-refractivity contribution in [1.82, 2.24) is 9.36 Å². The smallest absolute Gasteiger partial charge is 0.249 e. The van der Waals surface area contributed by atoms with Crippen molar-refractivity contribution in [3.63, 3.8) is 0 Å². The van der Waals surface area contributed by atoms with Crippen LogP contribution in [0.15, 0.2) is 28.7 Å². The number of hydrogen-bond acceptors (Lipinski definition) is 7. The van der Waals surface area contributed by atoms with Gasteiger partial charge in [-0.15, -0.1) is 21.6 Å². The molecular weight excluding hydrogens is 292 g/mol. The predicted octanol–water partition coefficient (Wildman–Crippen LogP) is 4.74. The molecule has 0 atom stereocenters. The number of aromatic nitrogens is 2. The zero-order valence-corrected chi connectivity index (χ0v) is 12.6. The van der Waals surface area contributed by atoms with Gasteiger partial charge in [-0.3, -0.25) is 0 Å². The van der Waals surface area contributed by atoms with E-state index in [-0.39, 0.29) is 0 Å². The number of hydrogen-bond donors (Lipinski definition) is 1. The fourth-order valence-corrected chi connectivity index (χ4v) is 3.42. The van der Waals surface area contributed by atoms with E-state index in [0.717, 1.165) is 32.6 Å². The van der Waals surface area contributed by atoms with Crippen molar-refractivity contribution in [3.8, 4) is 5.75 Å². The van der Waals surface area contributed by atoms with E-state index in [2.05, 4.69) is 19.6 Å². The van der Waals surface area contributed by atoms with Crippen molar-refractivity contribution in [2.75, 3.05) is 0 Å². The maximum atomic E-state index is 10.1. The summed E-state index contributed by atoms with van der Waals surface area (Å²) in [5, 5.41) is 19.9. The summed E-state index contributed by atoms with van der Waals surface area (Å²) in [6.07, 6.45) is 2.24. The van der Waals surface area contributed by atoms with E-state index in [0.29, 0.717) is 10.9 Å². The monoisotopic (exact) mass is 304 g/mol. The Kier molecular flexibility index (Phi) is 3.45. The van der Waals surface area contributed by atoms with Crippen molar-refractivity contribution >= 4 is 43.8 Å². The number of phenolic OH excluding ortho intramolecular Hbond substituents is 1. The van der Waals surface area contributed by atoms with Crippen LogP contribution in [0.4, 0.5) is 10.8 Å². The first-order valence-corrected chi connectivity index (χ1v) is 7.71. The van der Waals surface area contributed by atoms with Crippen LogP contribution in [0, 0.1) is 6.92 Å². The number of azo groups is 1. The Morgan fingerprint density at radius 2 is 2.15 bits per heavy atom. The largest absolute Gasteiger partial charge is 0.507 e. The Hall–Kier alpha value is -1.86. The number of aromatic hydroxyl groups is 1. The summed E-state index contributed by atoms with van der Waals surface area (Å²) in [5.41, 5.74) is 1.79. The summed E-state index contributed by atoms with van der Waals surface area (Å²) in [6, 6.07) is 3.74. The van der Waals surface area contributed by atoms with Crippen LogP contribution in [0.3, 0.4) is 0 Å². The average molecular weight is 304 g/mol. The number of fused-ring (bicyclic) bond motifs is 1. The maximum Gasteiger partial charge on any atom is 0.249 e. The third kappa shape index (κ3) is 2.30. The Bertz CT molecular complexity index is 777. The molecule has 20 heavy (non-hydrogen) atoms.